The molecule has 1 fully saturated rings. The highest BCUT2D eigenvalue weighted by molar-refractivity contribution is 6.26. The molecule has 1 aromatic rings. The Bertz CT molecular complexity index is 724. The molecule has 2 amide bonds. The van der Waals surface area contributed by atoms with Crippen LogP contribution in [-0.4, -0.2) is 30.1 Å². The van der Waals surface area contributed by atoms with Crippen molar-refractivity contribution in [2.75, 3.05) is 5.32 Å². The van der Waals surface area contributed by atoms with Crippen LogP contribution in [0.1, 0.15) is 28.8 Å². The number of nitrogens with two attached hydrogens (primary N) is 1. The van der Waals surface area contributed by atoms with Gasteiger partial charge in [-0.2, -0.15) is 13.2 Å². The van der Waals surface area contributed by atoms with Crippen molar-refractivity contribution in [1.82, 2.24) is 0 Å². The van der Waals surface area contributed by atoms with Crippen LogP contribution >= 0.6 is 0 Å². The summed E-state index contributed by atoms with van der Waals surface area (Å²) in [5, 5.41) is 2.07. The molecule has 0 bridgehead atoms. The maximum Gasteiger partial charge on any atom is 0.403 e. The summed E-state index contributed by atoms with van der Waals surface area (Å²) in [4.78, 5) is 45.3. The van der Waals surface area contributed by atoms with E-state index in [2.05, 4.69) is 5.32 Å². The van der Waals surface area contributed by atoms with E-state index in [-0.39, 0.29) is 35.9 Å². The van der Waals surface area contributed by atoms with Crippen molar-refractivity contribution in [2.45, 2.75) is 25.4 Å². The molecule has 0 spiro atoms. The number of ketones is 1. The molecule has 2 rings (SSSR count). The fourth-order valence-corrected chi connectivity index (χ4v) is 2.33. The molecule has 1 saturated carbocycles. The van der Waals surface area contributed by atoms with Crippen LogP contribution in [0.15, 0.2) is 18.2 Å². The van der Waals surface area contributed by atoms with Crippen molar-refractivity contribution < 1.29 is 32.3 Å². The lowest BCUT2D eigenvalue weighted by molar-refractivity contribution is -0.189. The summed E-state index contributed by atoms with van der Waals surface area (Å²) < 4.78 is 39.1. The van der Waals surface area contributed by atoms with E-state index in [1.165, 1.54) is 18.2 Å². The number of halogens is 3. The average Bonchev–Trinajstić information content (AvgIpc) is 3.29. The Morgan fingerprint density at radius 3 is 2.33 bits per heavy atom. The number of alkyl halides is 3. The third kappa shape index (κ3) is 3.15. The van der Waals surface area contributed by atoms with Crippen molar-refractivity contribution in [3.63, 3.8) is 0 Å². The Hall–Kier alpha value is -2.71. The number of amides is 2. The van der Waals surface area contributed by atoms with Gasteiger partial charge in [-0.3, -0.25) is 19.2 Å². The van der Waals surface area contributed by atoms with Gasteiger partial charge in [0.25, 0.3) is 5.91 Å². The summed E-state index contributed by atoms with van der Waals surface area (Å²) in [6.07, 6.45) is -5.87. The molecule has 0 aromatic heterocycles. The minimum Gasteiger partial charge on any atom is -0.366 e. The molecule has 0 unspecified atom stereocenters. The molecule has 6 nitrogen and oxygen atoms in total. The van der Waals surface area contributed by atoms with Gasteiger partial charge >= 0.3 is 6.18 Å². The number of para-hydroxylation sites is 1. The summed E-state index contributed by atoms with van der Waals surface area (Å²) >= 11 is 0. The van der Waals surface area contributed by atoms with Crippen LogP contribution < -0.4 is 11.1 Å². The second-order valence-corrected chi connectivity index (χ2v) is 5.50. The van der Waals surface area contributed by atoms with Crippen molar-refractivity contribution in [3.05, 3.63) is 29.3 Å². The number of benzene rings is 1. The molecule has 1 aromatic carbocycles. The lowest BCUT2D eigenvalue weighted by atomic mass is 10.00. The molecule has 9 heteroatoms. The monoisotopic (exact) mass is 342 g/mol. The highest BCUT2D eigenvalue weighted by Crippen LogP contribution is 2.58. The Morgan fingerprint density at radius 1 is 1.25 bits per heavy atom. The predicted molar refractivity (Wildman–Crippen MR) is 76.1 cm³/mol. The summed E-state index contributed by atoms with van der Waals surface area (Å²) in [5.41, 5.74) is 2.19. The Labute approximate surface area is 134 Å². The Morgan fingerprint density at radius 2 is 1.88 bits per heavy atom. The first kappa shape index (κ1) is 17.6. The standard InChI is InChI=1S/C15H13F3N2O4/c16-15(17,18)14(4-5-14)13(24)20-11-8(6-9(22)7-21)2-1-3-10(11)12(19)23/h1-3,7H,4-6H2,(H2,19,23)(H,20,24). The van der Waals surface area contributed by atoms with Crippen LogP contribution in [0.25, 0.3) is 0 Å². The van der Waals surface area contributed by atoms with Gasteiger partial charge in [0.2, 0.25) is 5.91 Å². The molecule has 0 radical (unpaired) electrons. The van der Waals surface area contributed by atoms with Crippen LogP contribution in [-0.2, 0) is 20.8 Å². The first-order chi connectivity index (χ1) is 11.1. The van der Waals surface area contributed by atoms with E-state index in [1.807, 2.05) is 0 Å². The van der Waals surface area contributed by atoms with Gasteiger partial charge in [0.05, 0.1) is 11.3 Å². The minimum atomic E-state index is -4.72. The van der Waals surface area contributed by atoms with Gasteiger partial charge in [-0.25, -0.2) is 0 Å². The molecule has 1 aliphatic carbocycles. The summed E-state index contributed by atoms with van der Waals surface area (Å²) in [5.74, 6) is -3.16. The predicted octanol–water partition coefficient (Wildman–Crippen LogP) is 1.38. The number of carbonyl (C=O) groups excluding carboxylic acids is 4. The SMILES string of the molecule is NC(=O)c1cccc(CC(=O)C=O)c1NC(=O)C1(C(F)(F)F)CC1. The summed E-state index contributed by atoms with van der Waals surface area (Å²) in [6.45, 7) is 0. The lowest BCUT2D eigenvalue weighted by Gasteiger charge is -2.20. The average molecular weight is 342 g/mol. The fourth-order valence-electron chi connectivity index (χ4n) is 2.33. The summed E-state index contributed by atoms with van der Waals surface area (Å²) in [7, 11) is 0. The largest absolute Gasteiger partial charge is 0.403 e. The first-order valence-corrected chi connectivity index (χ1v) is 6.90. The number of nitrogens with one attached hydrogen (secondary N) is 1. The topological polar surface area (TPSA) is 106 Å². The van der Waals surface area contributed by atoms with Crippen LogP contribution in [0, 0.1) is 5.41 Å². The zero-order valence-electron chi connectivity index (χ0n) is 12.3. The number of rotatable bonds is 6. The lowest BCUT2D eigenvalue weighted by Crippen LogP contribution is -2.37. The van der Waals surface area contributed by atoms with Crippen molar-refractivity contribution in [3.8, 4) is 0 Å². The van der Waals surface area contributed by atoms with E-state index >= 15 is 0 Å². The Kier molecular flexibility index (Phi) is 4.46. The number of aldehydes is 1. The zero-order valence-corrected chi connectivity index (χ0v) is 12.3. The Balaban J connectivity index is 2.41. The summed E-state index contributed by atoms with van der Waals surface area (Å²) in [6, 6.07) is 3.87. The maximum absolute atomic E-state index is 13.0. The van der Waals surface area contributed by atoms with Crippen molar-refractivity contribution in [2.24, 2.45) is 11.1 Å². The molecular weight excluding hydrogens is 329 g/mol. The maximum atomic E-state index is 13.0. The normalized spacial score (nSPS) is 15.5. The van der Waals surface area contributed by atoms with Crippen LogP contribution in [0.2, 0.25) is 0 Å². The van der Waals surface area contributed by atoms with Crippen LogP contribution in [0.4, 0.5) is 18.9 Å². The van der Waals surface area contributed by atoms with Crippen LogP contribution in [0.3, 0.4) is 0 Å². The van der Waals surface area contributed by atoms with Gasteiger partial charge in [0.1, 0.15) is 5.41 Å². The van der Waals surface area contributed by atoms with Gasteiger partial charge in [-0.1, -0.05) is 12.1 Å². The third-order valence-electron chi connectivity index (χ3n) is 3.88. The number of carbonyl (C=O) groups is 4. The van der Waals surface area contributed by atoms with Gasteiger partial charge < -0.3 is 11.1 Å². The van der Waals surface area contributed by atoms with E-state index < -0.39 is 35.6 Å². The quantitative estimate of drug-likeness (QED) is 0.601. The third-order valence-corrected chi connectivity index (χ3v) is 3.88. The molecular formula is C15H13F3N2O4. The minimum absolute atomic E-state index is 0.0368. The van der Waals surface area contributed by atoms with Crippen molar-refractivity contribution in [1.29, 1.82) is 0 Å². The molecule has 24 heavy (non-hydrogen) atoms. The van der Waals surface area contributed by atoms with Gasteiger partial charge in [0.15, 0.2) is 12.1 Å². The number of anilines is 1. The highest BCUT2D eigenvalue weighted by atomic mass is 19.4. The molecule has 0 atom stereocenters. The smallest absolute Gasteiger partial charge is 0.366 e. The van der Waals surface area contributed by atoms with E-state index in [1.54, 1.807) is 0 Å². The van der Waals surface area contributed by atoms with Gasteiger partial charge in [-0.15, -0.1) is 0 Å². The zero-order chi connectivity index (χ0) is 18.1. The fraction of sp³-hybridized carbons (Fsp3) is 0.333. The van der Waals surface area contributed by atoms with Crippen LogP contribution in [0.5, 0.6) is 0 Å². The molecule has 3 N–H and O–H groups in total. The van der Waals surface area contributed by atoms with Crippen molar-refractivity contribution >= 4 is 29.6 Å². The number of primary amides is 1. The van der Waals surface area contributed by atoms with E-state index in [4.69, 9.17) is 5.73 Å². The highest BCUT2D eigenvalue weighted by Gasteiger charge is 2.68. The van der Waals surface area contributed by atoms with E-state index in [9.17, 15) is 32.3 Å². The molecule has 0 aliphatic heterocycles. The number of hydrogen-bond acceptors (Lipinski definition) is 4. The second kappa shape index (κ2) is 6.06. The molecule has 0 heterocycles. The van der Waals surface area contributed by atoms with E-state index in [0.717, 1.165) is 0 Å². The first-order valence-electron chi connectivity index (χ1n) is 6.90. The van der Waals surface area contributed by atoms with Gasteiger partial charge in [0, 0.05) is 6.42 Å². The van der Waals surface area contributed by atoms with E-state index in [0.29, 0.717) is 0 Å². The molecule has 128 valence electrons. The number of Topliss-reactive ketones (excluding diaryl/α,β-unsaturated/α-hetero) is 1. The van der Waals surface area contributed by atoms with Gasteiger partial charge in [-0.05, 0) is 24.5 Å². The molecule has 0 saturated heterocycles. The second-order valence-electron chi connectivity index (χ2n) is 5.50. The number of hydrogen-bond donors (Lipinski definition) is 2. The molecule has 1 aliphatic rings.